The number of hydrogen-bond acceptors (Lipinski definition) is 4. The van der Waals surface area contributed by atoms with E-state index < -0.39 is 6.09 Å². The van der Waals surface area contributed by atoms with Gasteiger partial charge in [-0.15, -0.1) is 0 Å². The zero-order valence-electron chi connectivity index (χ0n) is 12.5. The fourth-order valence-corrected chi connectivity index (χ4v) is 3.29. The van der Waals surface area contributed by atoms with Crippen LogP contribution in [0.3, 0.4) is 0 Å². The van der Waals surface area contributed by atoms with Gasteiger partial charge in [0, 0.05) is 18.0 Å². The van der Waals surface area contributed by atoms with Crippen LogP contribution in [0.4, 0.5) is 9.80 Å². The first kappa shape index (κ1) is 15.2. The molecule has 0 radical (unpaired) electrons. The van der Waals surface area contributed by atoms with Crippen LogP contribution in [0.5, 0.6) is 0 Å². The summed E-state index contributed by atoms with van der Waals surface area (Å²) in [5.74, 6) is 0. The summed E-state index contributed by atoms with van der Waals surface area (Å²) in [7, 11) is 0. The second kappa shape index (κ2) is 6.58. The topological polar surface area (TPSA) is 66.3 Å². The quantitative estimate of drug-likeness (QED) is 0.781. The number of carbonyl (C=O) groups is 1. The molecule has 5 nitrogen and oxygen atoms in total. The Morgan fingerprint density at radius 1 is 1.22 bits per heavy atom. The molecule has 0 saturated heterocycles. The number of hydrogen-bond donors (Lipinski definition) is 1. The smallest absolute Gasteiger partial charge is 0.412 e. The molecule has 23 heavy (non-hydrogen) atoms. The molecule has 3 aromatic rings. The van der Waals surface area contributed by atoms with Gasteiger partial charge in [-0.25, -0.2) is 9.78 Å². The summed E-state index contributed by atoms with van der Waals surface area (Å²) in [5, 5.41) is 11.0. The Bertz CT molecular complexity index is 803. The number of amides is 1. The third-order valence-electron chi connectivity index (χ3n) is 3.34. The highest BCUT2D eigenvalue weighted by Crippen LogP contribution is 2.34. The Kier molecular flexibility index (Phi) is 4.34. The van der Waals surface area contributed by atoms with Crippen LogP contribution < -0.4 is 4.90 Å². The van der Waals surface area contributed by atoms with Crippen molar-refractivity contribution >= 4 is 22.4 Å². The van der Waals surface area contributed by atoms with E-state index in [1.54, 1.807) is 12.4 Å². The minimum absolute atomic E-state index is 0.297. The lowest BCUT2D eigenvalue weighted by Crippen LogP contribution is -2.28. The molecule has 0 fully saturated rings. The molecule has 0 aliphatic heterocycles. The Hall–Kier alpha value is -2.73. The molecule has 0 atom stereocenters. The number of benzene rings is 1. The fraction of sp³-hybridized carbons (Fsp3) is 0.118. The van der Waals surface area contributed by atoms with Gasteiger partial charge >= 0.3 is 6.09 Å². The molecular weight excluding hydrogens is 310 g/mol. The highest BCUT2D eigenvalue weighted by Gasteiger charge is 2.21. The highest BCUT2D eigenvalue weighted by atomic mass is 32.1. The zero-order chi connectivity index (χ0) is 16.2. The second-order valence-electron chi connectivity index (χ2n) is 5.01. The highest BCUT2D eigenvalue weighted by molar-refractivity contribution is 7.19. The van der Waals surface area contributed by atoms with Crippen molar-refractivity contribution in [3.8, 4) is 10.6 Å². The number of anilines is 1. The van der Waals surface area contributed by atoms with E-state index in [1.807, 2.05) is 49.4 Å². The van der Waals surface area contributed by atoms with Crippen LogP contribution in [0.15, 0.2) is 54.9 Å². The summed E-state index contributed by atoms with van der Waals surface area (Å²) in [4.78, 5) is 21.6. The number of thiazole rings is 1. The molecule has 116 valence electrons. The number of pyridine rings is 1. The maximum Gasteiger partial charge on any atom is 0.412 e. The average molecular weight is 325 g/mol. The molecule has 0 aliphatic carbocycles. The second-order valence-corrected chi connectivity index (χ2v) is 5.98. The molecule has 2 aromatic heterocycles. The van der Waals surface area contributed by atoms with Crippen LogP contribution in [0.1, 0.15) is 11.3 Å². The molecule has 3 rings (SSSR count). The van der Waals surface area contributed by atoms with Gasteiger partial charge in [0.05, 0.1) is 12.2 Å². The predicted octanol–water partition coefficient (Wildman–Crippen LogP) is 4.20. The van der Waals surface area contributed by atoms with Crippen LogP contribution in [0.25, 0.3) is 10.6 Å². The standard InChI is InChI=1S/C17H15N3O2S/c1-12-16(23-15(19-12)14-8-5-9-18-10-14)20(17(21)22)11-13-6-3-2-4-7-13/h2-10H,11H2,1H3,(H,21,22). The first-order chi connectivity index (χ1) is 11.1. The van der Waals surface area contributed by atoms with E-state index in [-0.39, 0.29) is 0 Å². The molecule has 0 aliphatic rings. The maximum atomic E-state index is 11.7. The minimum atomic E-state index is -0.988. The van der Waals surface area contributed by atoms with E-state index in [9.17, 15) is 9.90 Å². The molecule has 1 aromatic carbocycles. The van der Waals surface area contributed by atoms with Crippen molar-refractivity contribution in [1.82, 2.24) is 9.97 Å². The van der Waals surface area contributed by atoms with Crippen molar-refractivity contribution in [2.45, 2.75) is 13.5 Å². The number of aromatic nitrogens is 2. The van der Waals surface area contributed by atoms with Gasteiger partial charge in [0.15, 0.2) is 0 Å². The molecule has 2 heterocycles. The summed E-state index contributed by atoms with van der Waals surface area (Å²) in [5.41, 5.74) is 2.52. The van der Waals surface area contributed by atoms with Crippen molar-refractivity contribution in [1.29, 1.82) is 0 Å². The summed E-state index contributed by atoms with van der Waals surface area (Å²) in [6.07, 6.45) is 2.44. The van der Waals surface area contributed by atoms with Crippen LogP contribution in [-0.4, -0.2) is 21.2 Å². The number of carboxylic acid groups (broad SMARTS) is 1. The monoisotopic (exact) mass is 325 g/mol. The molecular formula is C17H15N3O2S. The SMILES string of the molecule is Cc1nc(-c2cccnc2)sc1N(Cc1ccccc1)C(=O)O. The van der Waals surface area contributed by atoms with Gasteiger partial charge in [0.25, 0.3) is 0 Å². The summed E-state index contributed by atoms with van der Waals surface area (Å²) >= 11 is 1.36. The zero-order valence-corrected chi connectivity index (χ0v) is 13.3. The third kappa shape index (κ3) is 3.37. The molecule has 0 spiro atoms. The molecule has 6 heteroatoms. The summed E-state index contributed by atoms with van der Waals surface area (Å²) in [6, 6.07) is 13.3. The van der Waals surface area contributed by atoms with E-state index in [4.69, 9.17) is 0 Å². The maximum absolute atomic E-state index is 11.7. The van der Waals surface area contributed by atoms with Crippen LogP contribution in [-0.2, 0) is 6.54 Å². The van der Waals surface area contributed by atoms with Crippen molar-refractivity contribution in [2.75, 3.05) is 4.90 Å². The molecule has 1 amide bonds. The first-order valence-corrected chi connectivity index (χ1v) is 7.89. The van der Waals surface area contributed by atoms with E-state index in [0.29, 0.717) is 17.2 Å². The van der Waals surface area contributed by atoms with Gasteiger partial charge < -0.3 is 5.11 Å². The summed E-state index contributed by atoms with van der Waals surface area (Å²) in [6.45, 7) is 2.12. The lowest BCUT2D eigenvalue weighted by molar-refractivity contribution is 0.201. The van der Waals surface area contributed by atoms with Gasteiger partial charge in [0.2, 0.25) is 0 Å². The Morgan fingerprint density at radius 3 is 2.65 bits per heavy atom. The van der Waals surface area contributed by atoms with E-state index in [0.717, 1.165) is 16.1 Å². The molecule has 0 unspecified atom stereocenters. The van der Waals surface area contributed by atoms with Crippen molar-refractivity contribution in [3.63, 3.8) is 0 Å². The largest absolute Gasteiger partial charge is 0.465 e. The van der Waals surface area contributed by atoms with Crippen molar-refractivity contribution < 1.29 is 9.90 Å². The van der Waals surface area contributed by atoms with E-state index in [2.05, 4.69) is 9.97 Å². The number of rotatable bonds is 4. The Labute approximate surface area is 137 Å². The van der Waals surface area contributed by atoms with Gasteiger partial charge in [-0.2, -0.15) is 0 Å². The fourth-order valence-electron chi connectivity index (χ4n) is 2.24. The van der Waals surface area contributed by atoms with Crippen LogP contribution in [0.2, 0.25) is 0 Å². The van der Waals surface area contributed by atoms with Crippen LogP contribution >= 0.6 is 11.3 Å². The minimum Gasteiger partial charge on any atom is -0.465 e. The van der Waals surface area contributed by atoms with E-state index >= 15 is 0 Å². The lowest BCUT2D eigenvalue weighted by atomic mass is 10.2. The van der Waals surface area contributed by atoms with Gasteiger partial charge in [0.1, 0.15) is 10.0 Å². The van der Waals surface area contributed by atoms with Crippen molar-refractivity contribution in [2.24, 2.45) is 0 Å². The Morgan fingerprint density at radius 2 is 2.00 bits per heavy atom. The Balaban J connectivity index is 1.94. The van der Waals surface area contributed by atoms with Gasteiger partial charge in [-0.1, -0.05) is 41.7 Å². The predicted molar refractivity (Wildman–Crippen MR) is 90.7 cm³/mol. The van der Waals surface area contributed by atoms with Gasteiger partial charge in [-0.05, 0) is 24.6 Å². The average Bonchev–Trinajstić information content (AvgIpc) is 2.96. The van der Waals surface area contributed by atoms with E-state index in [1.165, 1.54) is 16.2 Å². The molecule has 1 N–H and O–H groups in total. The third-order valence-corrected chi connectivity index (χ3v) is 4.57. The normalized spacial score (nSPS) is 10.5. The molecule has 0 bridgehead atoms. The lowest BCUT2D eigenvalue weighted by Gasteiger charge is -2.17. The summed E-state index contributed by atoms with van der Waals surface area (Å²) < 4.78 is 0. The van der Waals surface area contributed by atoms with Crippen molar-refractivity contribution in [3.05, 3.63) is 66.1 Å². The van der Waals surface area contributed by atoms with Gasteiger partial charge in [-0.3, -0.25) is 9.88 Å². The number of aryl methyl sites for hydroxylation is 1. The molecule has 0 saturated carbocycles. The first-order valence-electron chi connectivity index (χ1n) is 7.07. The van der Waals surface area contributed by atoms with Crippen LogP contribution in [0, 0.1) is 6.92 Å². The number of nitrogens with zero attached hydrogens (tertiary/aromatic N) is 3.